The highest BCUT2D eigenvalue weighted by molar-refractivity contribution is 6.01. The number of hydrogen-bond acceptors (Lipinski definition) is 3. The Bertz CT molecular complexity index is 418. The van der Waals surface area contributed by atoms with Gasteiger partial charge in [-0.3, -0.25) is 4.79 Å². The van der Waals surface area contributed by atoms with Crippen LogP contribution in [0.4, 0.5) is 5.69 Å². The summed E-state index contributed by atoms with van der Waals surface area (Å²) in [7, 11) is 1.53. The van der Waals surface area contributed by atoms with Crippen molar-refractivity contribution in [2.24, 2.45) is 0 Å². The van der Waals surface area contributed by atoms with Crippen LogP contribution in [0.5, 0.6) is 5.75 Å². The van der Waals surface area contributed by atoms with Crippen molar-refractivity contribution in [3.05, 3.63) is 23.8 Å². The van der Waals surface area contributed by atoms with Crippen molar-refractivity contribution in [2.75, 3.05) is 12.8 Å². The highest BCUT2D eigenvalue weighted by Crippen LogP contribution is 2.25. The SMILES string of the molecule is C#CCCCC(=O)c1cccc(OC)c1N. The van der Waals surface area contributed by atoms with Gasteiger partial charge in [-0.25, -0.2) is 0 Å². The van der Waals surface area contributed by atoms with Gasteiger partial charge in [0.2, 0.25) is 0 Å². The van der Waals surface area contributed by atoms with E-state index in [1.807, 2.05) is 0 Å². The van der Waals surface area contributed by atoms with Crippen LogP contribution in [0.25, 0.3) is 0 Å². The van der Waals surface area contributed by atoms with E-state index in [0.717, 1.165) is 0 Å². The van der Waals surface area contributed by atoms with Gasteiger partial charge in [0.25, 0.3) is 0 Å². The lowest BCUT2D eigenvalue weighted by Crippen LogP contribution is -2.05. The van der Waals surface area contributed by atoms with Gasteiger partial charge in [-0.15, -0.1) is 12.3 Å². The first-order valence-electron chi connectivity index (χ1n) is 5.09. The second-order valence-electron chi connectivity index (χ2n) is 3.40. The molecule has 3 heteroatoms. The minimum absolute atomic E-state index is 0.00616. The molecule has 1 rings (SSSR count). The van der Waals surface area contributed by atoms with Gasteiger partial charge in [0, 0.05) is 18.4 Å². The largest absolute Gasteiger partial charge is 0.495 e. The minimum atomic E-state index is 0.00616. The van der Waals surface area contributed by atoms with E-state index in [1.54, 1.807) is 18.2 Å². The number of ether oxygens (including phenoxy) is 1. The lowest BCUT2D eigenvalue weighted by atomic mass is 10.0. The van der Waals surface area contributed by atoms with Crippen LogP contribution in [0.3, 0.4) is 0 Å². The van der Waals surface area contributed by atoms with Crippen molar-refractivity contribution in [1.29, 1.82) is 0 Å². The molecule has 0 amide bonds. The van der Waals surface area contributed by atoms with Crippen molar-refractivity contribution in [3.8, 4) is 18.1 Å². The Morgan fingerprint density at radius 3 is 2.94 bits per heavy atom. The average molecular weight is 217 g/mol. The third-order valence-corrected chi connectivity index (χ3v) is 2.31. The molecule has 1 aromatic rings. The smallest absolute Gasteiger partial charge is 0.165 e. The molecule has 0 aliphatic heterocycles. The molecule has 0 fully saturated rings. The van der Waals surface area contributed by atoms with Gasteiger partial charge in [-0.2, -0.15) is 0 Å². The number of carbonyl (C=O) groups excluding carboxylic acids is 1. The van der Waals surface area contributed by atoms with Crippen molar-refractivity contribution in [3.63, 3.8) is 0 Å². The van der Waals surface area contributed by atoms with E-state index in [-0.39, 0.29) is 5.78 Å². The molecule has 0 saturated heterocycles. The number of nitrogen functional groups attached to an aromatic ring is 1. The first kappa shape index (κ1) is 12.1. The monoisotopic (exact) mass is 217 g/mol. The van der Waals surface area contributed by atoms with Gasteiger partial charge in [0.05, 0.1) is 12.8 Å². The van der Waals surface area contributed by atoms with E-state index in [4.69, 9.17) is 16.9 Å². The molecule has 0 atom stereocenters. The molecule has 0 radical (unpaired) electrons. The fourth-order valence-corrected chi connectivity index (χ4v) is 1.45. The normalized spacial score (nSPS) is 9.50. The van der Waals surface area contributed by atoms with Crippen molar-refractivity contribution in [1.82, 2.24) is 0 Å². The summed E-state index contributed by atoms with van der Waals surface area (Å²) in [5, 5.41) is 0. The lowest BCUT2D eigenvalue weighted by Gasteiger charge is -2.08. The Kier molecular flexibility index (Phi) is 4.41. The van der Waals surface area contributed by atoms with Gasteiger partial charge in [-0.05, 0) is 18.6 Å². The maximum atomic E-state index is 11.8. The summed E-state index contributed by atoms with van der Waals surface area (Å²) >= 11 is 0. The Morgan fingerprint density at radius 1 is 1.56 bits per heavy atom. The highest BCUT2D eigenvalue weighted by Gasteiger charge is 2.12. The summed E-state index contributed by atoms with van der Waals surface area (Å²) < 4.78 is 5.05. The van der Waals surface area contributed by atoms with E-state index < -0.39 is 0 Å². The predicted octanol–water partition coefficient (Wildman–Crippen LogP) is 2.26. The highest BCUT2D eigenvalue weighted by atomic mass is 16.5. The van der Waals surface area contributed by atoms with E-state index in [0.29, 0.717) is 36.3 Å². The van der Waals surface area contributed by atoms with E-state index in [9.17, 15) is 4.79 Å². The summed E-state index contributed by atoms with van der Waals surface area (Å²) in [6.45, 7) is 0. The van der Waals surface area contributed by atoms with Crippen LogP contribution < -0.4 is 10.5 Å². The van der Waals surface area contributed by atoms with Crippen molar-refractivity contribution in [2.45, 2.75) is 19.3 Å². The molecule has 0 aliphatic carbocycles. The van der Waals surface area contributed by atoms with Crippen molar-refractivity contribution >= 4 is 11.5 Å². The first-order chi connectivity index (χ1) is 7.70. The molecular formula is C13H15NO2. The topological polar surface area (TPSA) is 52.3 Å². The number of benzene rings is 1. The van der Waals surface area contributed by atoms with Crippen LogP contribution >= 0.6 is 0 Å². The van der Waals surface area contributed by atoms with Gasteiger partial charge in [0.1, 0.15) is 5.75 Å². The summed E-state index contributed by atoms with van der Waals surface area (Å²) in [5.41, 5.74) is 6.72. The average Bonchev–Trinajstić information content (AvgIpc) is 2.29. The quantitative estimate of drug-likeness (QED) is 0.356. The number of terminal acetylenes is 1. The summed E-state index contributed by atoms with van der Waals surface area (Å²) in [5.74, 6) is 3.04. The van der Waals surface area contributed by atoms with Crippen LogP contribution in [0.15, 0.2) is 18.2 Å². The molecule has 84 valence electrons. The molecule has 0 saturated carbocycles. The number of anilines is 1. The first-order valence-corrected chi connectivity index (χ1v) is 5.09. The number of carbonyl (C=O) groups is 1. The van der Waals surface area contributed by atoms with Gasteiger partial charge in [-0.1, -0.05) is 6.07 Å². The molecule has 0 aromatic heterocycles. The number of para-hydroxylation sites is 1. The fraction of sp³-hybridized carbons (Fsp3) is 0.308. The minimum Gasteiger partial charge on any atom is -0.495 e. The third kappa shape index (κ3) is 2.77. The third-order valence-electron chi connectivity index (χ3n) is 2.31. The Morgan fingerprint density at radius 2 is 2.31 bits per heavy atom. The molecule has 16 heavy (non-hydrogen) atoms. The van der Waals surface area contributed by atoms with Crippen LogP contribution in [-0.2, 0) is 0 Å². The number of rotatable bonds is 5. The Labute approximate surface area is 95.6 Å². The second kappa shape index (κ2) is 5.82. The lowest BCUT2D eigenvalue weighted by molar-refractivity contribution is 0.0981. The number of methoxy groups -OCH3 is 1. The summed E-state index contributed by atoms with van der Waals surface area (Å²) in [4.78, 5) is 11.8. The number of nitrogens with two attached hydrogens (primary N) is 1. The zero-order chi connectivity index (χ0) is 12.0. The van der Waals surface area contributed by atoms with E-state index >= 15 is 0 Å². The van der Waals surface area contributed by atoms with Gasteiger partial charge >= 0.3 is 0 Å². The molecule has 0 bridgehead atoms. The number of hydrogen-bond donors (Lipinski definition) is 1. The number of ketones is 1. The molecule has 3 nitrogen and oxygen atoms in total. The molecule has 2 N–H and O–H groups in total. The van der Waals surface area contributed by atoms with Crippen molar-refractivity contribution < 1.29 is 9.53 Å². The molecule has 0 heterocycles. The Hall–Kier alpha value is -1.95. The molecule has 1 aromatic carbocycles. The van der Waals surface area contributed by atoms with Crippen LogP contribution in [-0.4, -0.2) is 12.9 Å². The molecule has 0 unspecified atom stereocenters. The maximum absolute atomic E-state index is 11.8. The predicted molar refractivity (Wildman–Crippen MR) is 64.4 cm³/mol. The second-order valence-corrected chi connectivity index (χ2v) is 3.40. The van der Waals surface area contributed by atoms with Gasteiger partial charge < -0.3 is 10.5 Å². The molecular weight excluding hydrogens is 202 g/mol. The standard InChI is InChI=1S/C13H15NO2/c1-3-4-5-8-11(15)10-7-6-9-12(16-2)13(10)14/h1,6-7,9H,4-5,8,14H2,2H3. The van der Waals surface area contributed by atoms with Crippen LogP contribution in [0.1, 0.15) is 29.6 Å². The summed E-state index contributed by atoms with van der Waals surface area (Å²) in [6.07, 6.45) is 6.83. The zero-order valence-electron chi connectivity index (χ0n) is 9.32. The van der Waals surface area contributed by atoms with Gasteiger partial charge in [0.15, 0.2) is 5.78 Å². The Balaban J connectivity index is 2.80. The molecule has 0 spiro atoms. The van der Waals surface area contributed by atoms with E-state index in [2.05, 4.69) is 5.92 Å². The summed E-state index contributed by atoms with van der Waals surface area (Å²) in [6, 6.07) is 5.19. The number of unbranched alkanes of at least 4 members (excludes halogenated alkanes) is 1. The zero-order valence-corrected chi connectivity index (χ0v) is 9.32. The molecule has 0 aliphatic rings. The fourth-order valence-electron chi connectivity index (χ4n) is 1.45. The number of Topliss-reactive ketones (excluding diaryl/α,β-unsaturated/α-hetero) is 1. The maximum Gasteiger partial charge on any atom is 0.165 e. The van der Waals surface area contributed by atoms with Crippen LogP contribution in [0.2, 0.25) is 0 Å². The van der Waals surface area contributed by atoms with Crippen LogP contribution in [0, 0.1) is 12.3 Å². The van der Waals surface area contributed by atoms with E-state index in [1.165, 1.54) is 7.11 Å².